The summed E-state index contributed by atoms with van der Waals surface area (Å²) >= 11 is 12.6. The molecule has 4 aromatic rings. The average molecular weight is 471 g/mol. The highest BCUT2D eigenvalue weighted by molar-refractivity contribution is 6.35. The van der Waals surface area contributed by atoms with Crippen LogP contribution in [0.25, 0.3) is 5.69 Å². The van der Waals surface area contributed by atoms with E-state index in [0.29, 0.717) is 35.4 Å². The molecule has 0 radical (unpaired) electrons. The van der Waals surface area contributed by atoms with E-state index in [2.05, 4.69) is 9.97 Å². The Morgan fingerprint density at radius 3 is 2.56 bits per heavy atom. The van der Waals surface area contributed by atoms with Crippen LogP contribution in [-0.4, -0.2) is 38.4 Å². The van der Waals surface area contributed by atoms with Crippen molar-refractivity contribution in [2.75, 3.05) is 13.2 Å². The Balaban J connectivity index is 1.30. The molecule has 0 amide bonds. The van der Waals surface area contributed by atoms with Crippen molar-refractivity contribution >= 4 is 23.2 Å². The van der Waals surface area contributed by atoms with E-state index in [4.69, 9.17) is 37.4 Å². The molecule has 0 aliphatic carbocycles. The van der Waals surface area contributed by atoms with E-state index in [1.54, 1.807) is 37.2 Å². The van der Waals surface area contributed by atoms with Crippen molar-refractivity contribution in [2.45, 2.75) is 18.4 Å². The highest BCUT2D eigenvalue weighted by Gasteiger charge is 2.45. The third-order valence-corrected chi connectivity index (χ3v) is 5.77. The van der Waals surface area contributed by atoms with Gasteiger partial charge in [0, 0.05) is 41.1 Å². The van der Waals surface area contributed by atoms with Gasteiger partial charge in [-0.1, -0.05) is 29.3 Å². The maximum Gasteiger partial charge on any atom is 0.215 e. The third kappa shape index (κ3) is 4.38. The van der Waals surface area contributed by atoms with E-state index in [0.717, 1.165) is 11.4 Å². The number of rotatable bonds is 7. The fraction of sp³-hybridized carbons (Fsp3) is 0.217. The summed E-state index contributed by atoms with van der Waals surface area (Å²) < 4.78 is 22.4. The van der Waals surface area contributed by atoms with E-state index >= 15 is 0 Å². The summed E-state index contributed by atoms with van der Waals surface area (Å²) in [5.41, 5.74) is 1.72. The Morgan fingerprint density at radius 2 is 1.84 bits per heavy atom. The molecule has 0 spiro atoms. The predicted molar refractivity (Wildman–Crippen MR) is 120 cm³/mol. The first-order valence-electron chi connectivity index (χ1n) is 10.1. The van der Waals surface area contributed by atoms with Gasteiger partial charge in [0.25, 0.3) is 0 Å². The fourth-order valence-electron chi connectivity index (χ4n) is 3.69. The molecule has 1 aliphatic heterocycles. The predicted octanol–water partition coefficient (Wildman–Crippen LogP) is 4.72. The maximum atomic E-state index is 6.51. The summed E-state index contributed by atoms with van der Waals surface area (Å²) in [4.78, 5) is 8.18. The minimum Gasteiger partial charge on any atom is -0.491 e. The number of aromatic nitrogens is 4. The lowest BCUT2D eigenvalue weighted by Gasteiger charge is -2.30. The molecule has 0 unspecified atom stereocenters. The van der Waals surface area contributed by atoms with Crippen LogP contribution >= 0.6 is 23.2 Å². The third-order valence-electron chi connectivity index (χ3n) is 5.23. The zero-order chi connectivity index (χ0) is 22.0. The van der Waals surface area contributed by atoms with Gasteiger partial charge < -0.3 is 23.3 Å². The highest BCUT2D eigenvalue weighted by atomic mass is 35.5. The minimum atomic E-state index is -1.07. The Morgan fingerprint density at radius 1 is 1.03 bits per heavy atom. The second-order valence-electron chi connectivity index (χ2n) is 7.44. The lowest BCUT2D eigenvalue weighted by atomic mass is 10.1. The van der Waals surface area contributed by atoms with Crippen LogP contribution in [0.2, 0.25) is 10.0 Å². The number of ether oxygens (including phenoxy) is 3. The summed E-state index contributed by atoms with van der Waals surface area (Å²) in [5, 5.41) is 1.03. The van der Waals surface area contributed by atoms with Gasteiger partial charge in [-0.25, -0.2) is 9.97 Å². The molecular formula is C23H20Cl2N4O3. The van der Waals surface area contributed by atoms with Crippen molar-refractivity contribution < 1.29 is 14.2 Å². The van der Waals surface area contributed by atoms with Crippen LogP contribution in [0.15, 0.2) is 79.9 Å². The van der Waals surface area contributed by atoms with Crippen molar-refractivity contribution in [3.63, 3.8) is 0 Å². The van der Waals surface area contributed by atoms with Gasteiger partial charge in [-0.05, 0) is 36.4 Å². The van der Waals surface area contributed by atoms with Crippen LogP contribution in [0.4, 0.5) is 0 Å². The number of nitrogens with zero attached hydrogens (tertiary/aromatic N) is 4. The van der Waals surface area contributed by atoms with E-state index < -0.39 is 5.79 Å². The lowest BCUT2D eigenvalue weighted by Crippen LogP contribution is -2.34. The monoisotopic (exact) mass is 470 g/mol. The van der Waals surface area contributed by atoms with E-state index in [1.165, 1.54) is 0 Å². The molecule has 164 valence electrons. The van der Waals surface area contributed by atoms with Gasteiger partial charge >= 0.3 is 0 Å². The molecule has 0 bridgehead atoms. The molecule has 2 aromatic carbocycles. The van der Waals surface area contributed by atoms with Gasteiger partial charge in [-0.2, -0.15) is 0 Å². The van der Waals surface area contributed by atoms with Crippen molar-refractivity contribution in [3.8, 4) is 11.4 Å². The van der Waals surface area contributed by atoms with E-state index in [-0.39, 0.29) is 6.10 Å². The molecule has 1 fully saturated rings. The number of hydrogen-bond acceptors (Lipinski definition) is 5. The molecule has 7 nitrogen and oxygen atoms in total. The van der Waals surface area contributed by atoms with Crippen LogP contribution in [0.5, 0.6) is 5.75 Å². The molecular weight excluding hydrogens is 451 g/mol. The van der Waals surface area contributed by atoms with E-state index in [9.17, 15) is 0 Å². The van der Waals surface area contributed by atoms with Crippen molar-refractivity contribution in [1.29, 1.82) is 0 Å². The Bertz CT molecular complexity index is 1170. The Labute approximate surface area is 195 Å². The van der Waals surface area contributed by atoms with Crippen LogP contribution in [-0.2, 0) is 21.8 Å². The van der Waals surface area contributed by atoms with Crippen LogP contribution < -0.4 is 4.74 Å². The molecule has 0 N–H and O–H groups in total. The Kier molecular flexibility index (Phi) is 5.89. The van der Waals surface area contributed by atoms with Gasteiger partial charge in [0.05, 0.1) is 30.8 Å². The number of imidazole rings is 2. The first-order valence-corrected chi connectivity index (χ1v) is 10.8. The van der Waals surface area contributed by atoms with Gasteiger partial charge in [0.2, 0.25) is 5.79 Å². The lowest BCUT2D eigenvalue weighted by molar-refractivity contribution is -0.189. The van der Waals surface area contributed by atoms with Crippen LogP contribution in [0.3, 0.4) is 0 Å². The molecule has 2 atom stereocenters. The summed E-state index contributed by atoms with van der Waals surface area (Å²) in [5.74, 6) is -0.323. The zero-order valence-corrected chi connectivity index (χ0v) is 18.5. The first kappa shape index (κ1) is 21.0. The van der Waals surface area contributed by atoms with Gasteiger partial charge in [-0.15, -0.1) is 0 Å². The topological polar surface area (TPSA) is 63.3 Å². The quantitative estimate of drug-likeness (QED) is 0.390. The maximum absolute atomic E-state index is 6.51. The molecule has 32 heavy (non-hydrogen) atoms. The SMILES string of the molecule is Clc1ccc([C@]2(Cn3ccnc3)OC[C@@H](COc3ccc(-n4ccnc4)cc3)O2)c(Cl)c1. The van der Waals surface area contributed by atoms with Gasteiger partial charge in [0.1, 0.15) is 18.5 Å². The molecule has 1 aliphatic rings. The number of halogens is 2. The second-order valence-corrected chi connectivity index (χ2v) is 8.28. The van der Waals surface area contributed by atoms with Crippen molar-refractivity contribution in [1.82, 2.24) is 19.1 Å². The van der Waals surface area contributed by atoms with Crippen molar-refractivity contribution in [3.05, 3.63) is 95.5 Å². The smallest absolute Gasteiger partial charge is 0.215 e. The zero-order valence-electron chi connectivity index (χ0n) is 17.0. The highest BCUT2D eigenvalue weighted by Crippen LogP contribution is 2.40. The van der Waals surface area contributed by atoms with E-state index in [1.807, 2.05) is 51.9 Å². The van der Waals surface area contributed by atoms with Gasteiger partial charge in [0.15, 0.2) is 0 Å². The summed E-state index contributed by atoms with van der Waals surface area (Å²) in [6.07, 6.45) is 10.4. The molecule has 2 aromatic heterocycles. The summed E-state index contributed by atoms with van der Waals surface area (Å²) in [6, 6.07) is 13.1. The minimum absolute atomic E-state index is 0.279. The molecule has 3 heterocycles. The first-order chi connectivity index (χ1) is 15.6. The van der Waals surface area contributed by atoms with Crippen LogP contribution in [0, 0.1) is 0 Å². The van der Waals surface area contributed by atoms with Gasteiger partial charge in [-0.3, -0.25) is 0 Å². The number of hydrogen-bond donors (Lipinski definition) is 0. The van der Waals surface area contributed by atoms with Crippen LogP contribution in [0.1, 0.15) is 5.56 Å². The Hall–Kier alpha value is -2.84. The fourth-order valence-corrected chi connectivity index (χ4v) is 4.24. The summed E-state index contributed by atoms with van der Waals surface area (Å²) in [7, 11) is 0. The standard InChI is InChI=1S/C23H20Cl2N4O3/c24-17-1-6-21(22(25)11-17)23(14-28-9-7-26-15-28)31-13-20(32-23)12-30-19-4-2-18(3-5-19)29-10-8-27-16-29/h1-11,15-16,20H,12-14H2/t20-,23-/m1/s1. The largest absolute Gasteiger partial charge is 0.491 e. The second kappa shape index (κ2) is 8.96. The molecule has 5 rings (SSSR count). The molecule has 1 saturated heterocycles. The normalized spacial score (nSPS) is 20.5. The van der Waals surface area contributed by atoms with Crippen molar-refractivity contribution in [2.24, 2.45) is 0 Å². The molecule has 9 heteroatoms. The average Bonchev–Trinajstić information content (AvgIpc) is 3.56. The molecule has 0 saturated carbocycles. The summed E-state index contributed by atoms with van der Waals surface area (Å²) in [6.45, 7) is 1.09. The number of benzene rings is 2.